The molecule has 1 fully saturated rings. The summed E-state index contributed by atoms with van der Waals surface area (Å²) in [5.41, 5.74) is 0. The van der Waals surface area contributed by atoms with Gasteiger partial charge < -0.3 is 10.1 Å². The fourth-order valence-electron chi connectivity index (χ4n) is 2.11. The van der Waals surface area contributed by atoms with Crippen LogP contribution in [0.4, 0.5) is 0 Å². The summed E-state index contributed by atoms with van der Waals surface area (Å²) in [5.74, 6) is 0. The number of ether oxygens (including phenoxy) is 1. The van der Waals surface area contributed by atoms with E-state index in [2.05, 4.69) is 24.2 Å². The Labute approximate surface area is 101 Å². The predicted molar refractivity (Wildman–Crippen MR) is 68.9 cm³/mol. The second-order valence-electron chi connectivity index (χ2n) is 4.81. The first-order valence-corrected chi connectivity index (χ1v) is 6.83. The summed E-state index contributed by atoms with van der Waals surface area (Å²) in [6, 6.07) is 0.655. The number of rotatable bonds is 9. The zero-order valence-corrected chi connectivity index (χ0v) is 11.0. The van der Waals surface area contributed by atoms with Crippen LogP contribution in [0.1, 0.15) is 39.0 Å². The molecule has 3 heteroatoms. The van der Waals surface area contributed by atoms with Crippen molar-refractivity contribution in [1.82, 2.24) is 10.2 Å². The maximum Gasteiger partial charge on any atom is 0.0622 e. The van der Waals surface area contributed by atoms with Crippen molar-refractivity contribution in [2.75, 3.05) is 39.9 Å². The molecule has 1 N–H and O–H groups in total. The molecule has 1 aliphatic heterocycles. The van der Waals surface area contributed by atoms with Crippen molar-refractivity contribution >= 4 is 0 Å². The third kappa shape index (κ3) is 5.83. The first-order chi connectivity index (χ1) is 7.84. The number of hydrogen-bond donors (Lipinski definition) is 1. The van der Waals surface area contributed by atoms with Gasteiger partial charge in [0, 0.05) is 25.7 Å². The van der Waals surface area contributed by atoms with E-state index in [0.29, 0.717) is 6.04 Å². The van der Waals surface area contributed by atoms with Crippen LogP contribution >= 0.6 is 0 Å². The molecule has 0 spiro atoms. The molecule has 0 bridgehead atoms. The normalized spacial score (nSPS) is 20.8. The first kappa shape index (κ1) is 13.9. The van der Waals surface area contributed by atoms with E-state index >= 15 is 0 Å². The lowest BCUT2D eigenvalue weighted by molar-refractivity contribution is 0.159. The van der Waals surface area contributed by atoms with E-state index < -0.39 is 0 Å². The first-order valence-electron chi connectivity index (χ1n) is 6.83. The molecule has 0 aliphatic carbocycles. The molecule has 1 unspecified atom stereocenters. The summed E-state index contributed by atoms with van der Waals surface area (Å²) < 4.78 is 5.39. The molecule has 1 rings (SSSR count). The van der Waals surface area contributed by atoms with Crippen molar-refractivity contribution in [2.45, 2.75) is 45.1 Å². The molecule has 0 radical (unpaired) electrons. The maximum atomic E-state index is 5.39. The predicted octanol–water partition coefficient (Wildman–Crippen LogP) is 1.88. The molecule has 0 aromatic heterocycles. The molecule has 1 aliphatic rings. The van der Waals surface area contributed by atoms with Crippen LogP contribution in [-0.2, 0) is 4.74 Å². The zero-order valence-electron chi connectivity index (χ0n) is 11.0. The Hall–Kier alpha value is -0.120. The Bertz CT molecular complexity index is 158. The minimum absolute atomic E-state index is 0.655. The third-order valence-electron chi connectivity index (χ3n) is 3.38. The van der Waals surface area contributed by atoms with Gasteiger partial charge in [-0.3, -0.25) is 4.90 Å². The second-order valence-corrected chi connectivity index (χ2v) is 4.81. The van der Waals surface area contributed by atoms with Gasteiger partial charge in [-0.25, -0.2) is 0 Å². The minimum atomic E-state index is 0.655. The summed E-state index contributed by atoms with van der Waals surface area (Å²) in [6.07, 6.45) is 6.60. The Morgan fingerprint density at radius 2 is 2.12 bits per heavy atom. The number of nitrogens with zero attached hydrogens (tertiary/aromatic N) is 1. The molecule has 0 aromatic carbocycles. The molecular formula is C13H28N2O. The Morgan fingerprint density at radius 1 is 1.25 bits per heavy atom. The molecule has 1 atom stereocenters. The van der Waals surface area contributed by atoms with E-state index in [9.17, 15) is 0 Å². The molecule has 16 heavy (non-hydrogen) atoms. The summed E-state index contributed by atoms with van der Waals surface area (Å²) >= 11 is 0. The maximum absolute atomic E-state index is 5.39. The van der Waals surface area contributed by atoms with Crippen molar-refractivity contribution in [1.29, 1.82) is 0 Å². The van der Waals surface area contributed by atoms with E-state index in [0.717, 1.165) is 26.3 Å². The minimum Gasteiger partial charge on any atom is -0.380 e. The van der Waals surface area contributed by atoms with Gasteiger partial charge in [-0.1, -0.05) is 26.2 Å². The molecule has 0 amide bonds. The van der Waals surface area contributed by atoms with Crippen LogP contribution < -0.4 is 5.32 Å². The standard InChI is InChI=1S/C13H28N2O/c1-3-4-5-6-8-14-9-10-15(2)13-7-11-16-12-13/h13-14H,3-12H2,1-2H3. The smallest absolute Gasteiger partial charge is 0.0622 e. The number of hydrogen-bond acceptors (Lipinski definition) is 3. The highest BCUT2D eigenvalue weighted by Crippen LogP contribution is 2.09. The molecule has 1 heterocycles. The lowest BCUT2D eigenvalue weighted by Crippen LogP contribution is -2.37. The van der Waals surface area contributed by atoms with Gasteiger partial charge in [-0.15, -0.1) is 0 Å². The summed E-state index contributed by atoms with van der Waals surface area (Å²) in [5, 5.41) is 3.52. The summed E-state index contributed by atoms with van der Waals surface area (Å²) in [6.45, 7) is 7.55. The molecule has 3 nitrogen and oxygen atoms in total. The highest BCUT2D eigenvalue weighted by atomic mass is 16.5. The van der Waals surface area contributed by atoms with Gasteiger partial charge in [0.25, 0.3) is 0 Å². The molecule has 0 saturated carbocycles. The fourth-order valence-corrected chi connectivity index (χ4v) is 2.11. The van der Waals surface area contributed by atoms with E-state index in [4.69, 9.17) is 4.74 Å². The Morgan fingerprint density at radius 3 is 2.81 bits per heavy atom. The van der Waals surface area contributed by atoms with Gasteiger partial charge in [0.15, 0.2) is 0 Å². The van der Waals surface area contributed by atoms with Crippen LogP contribution in [0.5, 0.6) is 0 Å². The van der Waals surface area contributed by atoms with E-state index in [-0.39, 0.29) is 0 Å². The topological polar surface area (TPSA) is 24.5 Å². The zero-order chi connectivity index (χ0) is 11.6. The third-order valence-corrected chi connectivity index (χ3v) is 3.38. The number of nitrogens with one attached hydrogen (secondary N) is 1. The van der Waals surface area contributed by atoms with Crippen molar-refractivity contribution in [2.24, 2.45) is 0 Å². The fraction of sp³-hybridized carbons (Fsp3) is 1.00. The Kier molecular flexibility index (Phi) is 7.81. The largest absolute Gasteiger partial charge is 0.380 e. The van der Waals surface area contributed by atoms with Crippen LogP contribution in [0.2, 0.25) is 0 Å². The number of unbranched alkanes of at least 4 members (excludes halogenated alkanes) is 3. The highest BCUT2D eigenvalue weighted by Gasteiger charge is 2.19. The molecular weight excluding hydrogens is 200 g/mol. The van der Waals surface area contributed by atoms with E-state index in [1.165, 1.54) is 38.6 Å². The average Bonchev–Trinajstić information content (AvgIpc) is 2.81. The van der Waals surface area contributed by atoms with Crippen LogP contribution in [-0.4, -0.2) is 50.8 Å². The molecule has 0 aromatic rings. The van der Waals surface area contributed by atoms with Crippen molar-refractivity contribution in [3.05, 3.63) is 0 Å². The summed E-state index contributed by atoms with van der Waals surface area (Å²) in [7, 11) is 2.21. The summed E-state index contributed by atoms with van der Waals surface area (Å²) in [4.78, 5) is 2.42. The highest BCUT2D eigenvalue weighted by molar-refractivity contribution is 4.73. The second kappa shape index (κ2) is 8.97. The van der Waals surface area contributed by atoms with Crippen LogP contribution in [0, 0.1) is 0 Å². The van der Waals surface area contributed by atoms with Crippen molar-refractivity contribution in [3.8, 4) is 0 Å². The van der Waals surface area contributed by atoms with Gasteiger partial charge in [-0.2, -0.15) is 0 Å². The van der Waals surface area contributed by atoms with Gasteiger partial charge in [-0.05, 0) is 26.4 Å². The van der Waals surface area contributed by atoms with Gasteiger partial charge in [0.1, 0.15) is 0 Å². The lowest BCUT2D eigenvalue weighted by atomic mass is 10.2. The van der Waals surface area contributed by atoms with Crippen molar-refractivity contribution in [3.63, 3.8) is 0 Å². The van der Waals surface area contributed by atoms with Gasteiger partial charge in [0.05, 0.1) is 6.61 Å². The van der Waals surface area contributed by atoms with Crippen molar-refractivity contribution < 1.29 is 4.74 Å². The average molecular weight is 228 g/mol. The van der Waals surface area contributed by atoms with Crippen LogP contribution in [0.3, 0.4) is 0 Å². The lowest BCUT2D eigenvalue weighted by Gasteiger charge is -2.22. The van der Waals surface area contributed by atoms with Crippen LogP contribution in [0.25, 0.3) is 0 Å². The van der Waals surface area contributed by atoms with E-state index in [1.807, 2.05) is 0 Å². The quantitative estimate of drug-likeness (QED) is 0.610. The van der Waals surface area contributed by atoms with Crippen LogP contribution in [0.15, 0.2) is 0 Å². The molecule has 96 valence electrons. The monoisotopic (exact) mass is 228 g/mol. The van der Waals surface area contributed by atoms with Gasteiger partial charge in [0.2, 0.25) is 0 Å². The Balaban J connectivity index is 1.86. The van der Waals surface area contributed by atoms with Gasteiger partial charge >= 0.3 is 0 Å². The number of likely N-dealkylation sites (N-methyl/N-ethyl adjacent to an activating group) is 1. The van der Waals surface area contributed by atoms with E-state index in [1.54, 1.807) is 0 Å². The SMILES string of the molecule is CCCCCCNCCN(C)C1CCOC1. The molecule has 1 saturated heterocycles.